The smallest absolute Gasteiger partial charge is 0.194 e. The van der Waals surface area contributed by atoms with Crippen molar-refractivity contribution in [3.63, 3.8) is 0 Å². The van der Waals surface area contributed by atoms with Gasteiger partial charge in [-0.25, -0.2) is 0 Å². The van der Waals surface area contributed by atoms with E-state index in [1.54, 1.807) is 0 Å². The molecule has 0 N–H and O–H groups in total. The highest BCUT2D eigenvalue weighted by molar-refractivity contribution is 5.96. The van der Waals surface area contributed by atoms with Gasteiger partial charge in [0, 0.05) is 11.4 Å². The fourth-order valence-corrected chi connectivity index (χ4v) is 7.69. The predicted molar refractivity (Wildman–Crippen MR) is 182 cm³/mol. The average molecular weight is 580 g/mol. The molecule has 3 heteroatoms. The molecule has 0 radical (unpaired) electrons. The quantitative estimate of drug-likeness (QED) is 0.194. The van der Waals surface area contributed by atoms with Crippen LogP contribution in [0.25, 0.3) is 22.3 Å². The molecule has 0 fully saturated rings. The van der Waals surface area contributed by atoms with Crippen LogP contribution in [0.1, 0.15) is 29.2 Å². The van der Waals surface area contributed by atoms with Crippen molar-refractivity contribution in [3.05, 3.63) is 180 Å². The van der Waals surface area contributed by atoms with E-state index in [1.807, 2.05) is 43.3 Å². The van der Waals surface area contributed by atoms with E-state index in [9.17, 15) is 0 Å². The number of nitrogens with zero attached hydrogens (tertiary/aromatic N) is 1. The summed E-state index contributed by atoms with van der Waals surface area (Å²) in [5.41, 5.74) is 12.4. The van der Waals surface area contributed by atoms with Crippen LogP contribution in [0, 0.1) is 0 Å². The minimum Gasteiger partial charge on any atom is -0.449 e. The SMILES string of the molecule is C=C/C(=C\C)N(c1ccccc1)c1cccc2c1Oc1cc3c(cc1O2)-c1ccccc1C31c2ccccc2-c2ccccc21. The van der Waals surface area contributed by atoms with Crippen LogP contribution in [0.2, 0.25) is 0 Å². The first kappa shape index (κ1) is 25.7. The van der Waals surface area contributed by atoms with Crippen LogP contribution in [-0.2, 0) is 5.41 Å². The number of hydrogen-bond acceptors (Lipinski definition) is 3. The van der Waals surface area contributed by atoms with Crippen molar-refractivity contribution in [1.29, 1.82) is 0 Å². The lowest BCUT2D eigenvalue weighted by Crippen LogP contribution is -2.26. The third kappa shape index (κ3) is 3.41. The summed E-state index contributed by atoms with van der Waals surface area (Å²) >= 11 is 0. The van der Waals surface area contributed by atoms with Crippen LogP contribution < -0.4 is 14.4 Å². The third-order valence-corrected chi connectivity index (χ3v) is 9.47. The van der Waals surface area contributed by atoms with Crippen LogP contribution in [0.15, 0.2) is 158 Å². The summed E-state index contributed by atoms with van der Waals surface area (Å²) < 4.78 is 13.6. The van der Waals surface area contributed by atoms with E-state index in [0.717, 1.165) is 17.1 Å². The molecule has 0 bridgehead atoms. The molecule has 1 spiro atoms. The first-order valence-electron chi connectivity index (χ1n) is 15.3. The Morgan fingerprint density at radius 2 is 1.16 bits per heavy atom. The molecule has 0 saturated carbocycles. The summed E-state index contributed by atoms with van der Waals surface area (Å²) in [6.07, 6.45) is 3.92. The molecule has 45 heavy (non-hydrogen) atoms. The van der Waals surface area contributed by atoms with Gasteiger partial charge in [-0.2, -0.15) is 0 Å². The van der Waals surface area contributed by atoms with Crippen molar-refractivity contribution in [2.24, 2.45) is 0 Å². The minimum absolute atomic E-state index is 0.450. The lowest BCUT2D eigenvalue weighted by atomic mass is 9.70. The molecule has 214 valence electrons. The van der Waals surface area contributed by atoms with E-state index in [2.05, 4.69) is 121 Å². The Morgan fingerprint density at radius 3 is 1.78 bits per heavy atom. The molecule has 2 aliphatic carbocycles. The molecule has 1 heterocycles. The molecule has 6 aromatic rings. The third-order valence-electron chi connectivity index (χ3n) is 9.47. The topological polar surface area (TPSA) is 21.7 Å². The van der Waals surface area contributed by atoms with Crippen molar-refractivity contribution < 1.29 is 9.47 Å². The largest absolute Gasteiger partial charge is 0.449 e. The molecule has 6 aromatic carbocycles. The molecule has 0 aromatic heterocycles. The first-order valence-corrected chi connectivity index (χ1v) is 15.3. The van der Waals surface area contributed by atoms with Gasteiger partial charge in [0.25, 0.3) is 0 Å². The van der Waals surface area contributed by atoms with Gasteiger partial charge >= 0.3 is 0 Å². The van der Waals surface area contributed by atoms with Crippen LogP contribution in [-0.4, -0.2) is 0 Å². The van der Waals surface area contributed by atoms with Crippen LogP contribution in [0.5, 0.6) is 23.0 Å². The second-order valence-electron chi connectivity index (χ2n) is 11.6. The lowest BCUT2D eigenvalue weighted by Gasteiger charge is -2.32. The number of para-hydroxylation sites is 2. The van der Waals surface area contributed by atoms with Crippen LogP contribution in [0.4, 0.5) is 11.4 Å². The van der Waals surface area contributed by atoms with Crippen LogP contribution >= 0.6 is 0 Å². The lowest BCUT2D eigenvalue weighted by molar-refractivity contribution is 0.360. The summed E-state index contributed by atoms with van der Waals surface area (Å²) in [7, 11) is 0. The summed E-state index contributed by atoms with van der Waals surface area (Å²) in [4.78, 5) is 2.16. The second kappa shape index (κ2) is 9.60. The van der Waals surface area contributed by atoms with E-state index >= 15 is 0 Å². The Hall–Kier alpha value is -5.80. The monoisotopic (exact) mass is 579 g/mol. The van der Waals surface area contributed by atoms with Crippen molar-refractivity contribution in [2.75, 3.05) is 4.90 Å². The summed E-state index contributed by atoms with van der Waals surface area (Å²) in [5.74, 6) is 2.77. The summed E-state index contributed by atoms with van der Waals surface area (Å²) in [6, 6.07) is 47.2. The van der Waals surface area contributed by atoms with E-state index in [-0.39, 0.29) is 0 Å². The van der Waals surface area contributed by atoms with Gasteiger partial charge in [-0.3, -0.25) is 0 Å². The number of fused-ring (bicyclic) bond motifs is 12. The standard InChI is InChI=1S/C42H29NO2/c1-3-27(4-2)43(28-15-6-5-7-16-28)37-23-14-24-38-41(37)45-40-26-36-32(25-39(40)44-38)31-19-10-13-22-35(31)42(36)33-20-11-8-17-29(33)30-18-9-12-21-34(30)42/h3-26H,1H2,2H3/b27-4+. The molecule has 0 saturated heterocycles. The van der Waals surface area contributed by atoms with Crippen molar-refractivity contribution >= 4 is 11.4 Å². The minimum atomic E-state index is -0.450. The average Bonchev–Trinajstić information content (AvgIpc) is 3.56. The normalized spacial score (nSPS) is 14.2. The number of hydrogen-bond donors (Lipinski definition) is 0. The number of ether oxygens (including phenoxy) is 2. The van der Waals surface area contributed by atoms with Crippen molar-refractivity contribution in [1.82, 2.24) is 0 Å². The number of rotatable bonds is 4. The van der Waals surface area contributed by atoms with Crippen LogP contribution in [0.3, 0.4) is 0 Å². The zero-order chi connectivity index (χ0) is 30.1. The fraction of sp³-hybridized carbons (Fsp3) is 0.0476. The first-order chi connectivity index (χ1) is 22.2. The number of benzene rings is 6. The van der Waals surface area contributed by atoms with E-state index in [1.165, 1.54) is 44.5 Å². The molecular weight excluding hydrogens is 550 g/mol. The van der Waals surface area contributed by atoms with E-state index < -0.39 is 5.41 Å². The van der Waals surface area contributed by atoms with Gasteiger partial charge in [0.2, 0.25) is 0 Å². The van der Waals surface area contributed by atoms with Gasteiger partial charge in [0.05, 0.1) is 11.1 Å². The van der Waals surface area contributed by atoms with Gasteiger partial charge < -0.3 is 14.4 Å². The van der Waals surface area contributed by atoms with Gasteiger partial charge in [-0.15, -0.1) is 0 Å². The highest BCUT2D eigenvalue weighted by Gasteiger charge is 2.52. The number of anilines is 2. The molecular formula is C42H29NO2. The van der Waals surface area contributed by atoms with E-state index in [4.69, 9.17) is 9.47 Å². The summed E-state index contributed by atoms with van der Waals surface area (Å²) in [6.45, 7) is 6.13. The number of allylic oxidation sites excluding steroid dienone is 2. The maximum Gasteiger partial charge on any atom is 0.194 e. The molecule has 3 aliphatic rings. The Morgan fingerprint density at radius 1 is 0.578 bits per heavy atom. The Bertz CT molecular complexity index is 2170. The Kier molecular flexibility index (Phi) is 5.48. The maximum atomic E-state index is 6.92. The highest BCUT2D eigenvalue weighted by atomic mass is 16.6. The maximum absolute atomic E-state index is 6.92. The fourth-order valence-electron chi connectivity index (χ4n) is 7.69. The van der Waals surface area contributed by atoms with Gasteiger partial charge in [0.1, 0.15) is 0 Å². The molecule has 9 rings (SSSR count). The Labute approximate surface area is 262 Å². The zero-order valence-corrected chi connectivity index (χ0v) is 24.8. The molecule has 0 atom stereocenters. The Balaban J connectivity index is 1.27. The molecule has 1 aliphatic heterocycles. The van der Waals surface area contributed by atoms with Gasteiger partial charge in [-0.1, -0.05) is 110 Å². The zero-order valence-electron chi connectivity index (χ0n) is 24.8. The summed E-state index contributed by atoms with van der Waals surface area (Å²) in [5, 5.41) is 0. The van der Waals surface area contributed by atoms with Gasteiger partial charge in [-0.05, 0) is 93.9 Å². The molecule has 0 amide bonds. The highest BCUT2D eigenvalue weighted by Crippen LogP contribution is 2.65. The molecule has 0 unspecified atom stereocenters. The van der Waals surface area contributed by atoms with Crippen molar-refractivity contribution in [3.8, 4) is 45.3 Å². The predicted octanol–water partition coefficient (Wildman–Crippen LogP) is 11.2. The van der Waals surface area contributed by atoms with Gasteiger partial charge in [0.15, 0.2) is 23.0 Å². The second-order valence-corrected chi connectivity index (χ2v) is 11.6. The van der Waals surface area contributed by atoms with Crippen molar-refractivity contribution in [2.45, 2.75) is 12.3 Å². The van der Waals surface area contributed by atoms with E-state index in [0.29, 0.717) is 23.0 Å². The molecule has 3 nitrogen and oxygen atoms in total.